The molecule has 0 saturated carbocycles. The van der Waals surface area contributed by atoms with E-state index in [2.05, 4.69) is 20.2 Å². The van der Waals surface area contributed by atoms with Gasteiger partial charge in [-0.25, -0.2) is 4.98 Å². The summed E-state index contributed by atoms with van der Waals surface area (Å²) in [5.41, 5.74) is 8.03. The van der Waals surface area contributed by atoms with Crippen LogP contribution in [-0.2, 0) is 0 Å². The largest absolute Gasteiger partial charge is 0.375 e. The molecule has 21 heavy (non-hydrogen) atoms. The van der Waals surface area contributed by atoms with E-state index in [0.29, 0.717) is 26.5 Å². The minimum absolute atomic E-state index is 0.443. The molecule has 2 heterocycles. The number of aromatic nitrogens is 2. The number of nitrogens with two attached hydrogens (primary N) is 1. The van der Waals surface area contributed by atoms with Gasteiger partial charge in [0.15, 0.2) is 10.1 Å². The number of hydrogen-bond acceptors (Lipinski definition) is 6. The van der Waals surface area contributed by atoms with Gasteiger partial charge in [-0.2, -0.15) is 0 Å². The average Bonchev–Trinajstić information content (AvgIpc) is 2.89. The van der Waals surface area contributed by atoms with Crippen LogP contribution < -0.4 is 5.73 Å². The van der Waals surface area contributed by atoms with Crippen molar-refractivity contribution < 1.29 is 0 Å². The molecule has 1 aromatic carbocycles. The standard InChI is InChI=1S/C14H10ClN5S/c15-10-3-5-11(6-4-10)19-20-13-12(18-14(16)21-13)9-2-1-7-17-8-9/h1-8H,(H2,16,18). The van der Waals surface area contributed by atoms with Crippen molar-refractivity contribution in [2.75, 3.05) is 5.73 Å². The fraction of sp³-hybridized carbons (Fsp3) is 0. The number of nitrogen functional groups attached to an aromatic ring is 1. The molecular formula is C14H10ClN5S. The van der Waals surface area contributed by atoms with Crippen LogP contribution in [0.4, 0.5) is 15.8 Å². The van der Waals surface area contributed by atoms with E-state index in [9.17, 15) is 0 Å². The molecule has 5 nitrogen and oxygen atoms in total. The van der Waals surface area contributed by atoms with Gasteiger partial charge in [0.25, 0.3) is 0 Å². The molecule has 0 amide bonds. The fourth-order valence-corrected chi connectivity index (χ4v) is 2.50. The monoisotopic (exact) mass is 315 g/mol. The predicted molar refractivity (Wildman–Crippen MR) is 85.4 cm³/mol. The van der Waals surface area contributed by atoms with Crippen molar-refractivity contribution in [3.05, 3.63) is 53.8 Å². The lowest BCUT2D eigenvalue weighted by molar-refractivity contribution is 1.24. The SMILES string of the molecule is Nc1nc(-c2cccnc2)c(N=Nc2ccc(Cl)cc2)s1. The molecule has 0 atom stereocenters. The van der Waals surface area contributed by atoms with Crippen LogP contribution in [0.1, 0.15) is 0 Å². The minimum Gasteiger partial charge on any atom is -0.375 e. The van der Waals surface area contributed by atoms with Gasteiger partial charge in [0.05, 0.1) is 5.69 Å². The second kappa shape index (κ2) is 5.99. The Morgan fingerprint density at radius 3 is 2.62 bits per heavy atom. The molecule has 2 N–H and O–H groups in total. The molecule has 3 aromatic rings. The van der Waals surface area contributed by atoms with Crippen LogP contribution in [-0.4, -0.2) is 9.97 Å². The van der Waals surface area contributed by atoms with Crippen molar-refractivity contribution in [1.82, 2.24) is 9.97 Å². The normalized spacial score (nSPS) is 11.1. The molecule has 3 rings (SSSR count). The third-order valence-electron chi connectivity index (χ3n) is 2.64. The number of pyridine rings is 1. The lowest BCUT2D eigenvalue weighted by Crippen LogP contribution is -1.83. The number of thiazole rings is 1. The molecule has 0 fully saturated rings. The third kappa shape index (κ3) is 3.24. The number of nitrogens with zero attached hydrogens (tertiary/aromatic N) is 4. The van der Waals surface area contributed by atoms with Gasteiger partial charge in [-0.05, 0) is 36.4 Å². The van der Waals surface area contributed by atoms with Crippen molar-refractivity contribution in [1.29, 1.82) is 0 Å². The lowest BCUT2D eigenvalue weighted by atomic mass is 10.2. The summed E-state index contributed by atoms with van der Waals surface area (Å²) in [6.45, 7) is 0. The molecule has 0 saturated heterocycles. The average molecular weight is 316 g/mol. The molecule has 0 unspecified atom stereocenters. The van der Waals surface area contributed by atoms with E-state index < -0.39 is 0 Å². The van der Waals surface area contributed by atoms with Crippen LogP contribution in [0.2, 0.25) is 5.02 Å². The van der Waals surface area contributed by atoms with Crippen LogP contribution in [0.5, 0.6) is 0 Å². The zero-order valence-electron chi connectivity index (χ0n) is 10.8. The molecule has 0 bridgehead atoms. The van der Waals surface area contributed by atoms with Gasteiger partial charge in [0.1, 0.15) is 5.69 Å². The maximum atomic E-state index is 5.83. The number of halogens is 1. The van der Waals surface area contributed by atoms with Crippen molar-refractivity contribution in [3.63, 3.8) is 0 Å². The summed E-state index contributed by atoms with van der Waals surface area (Å²) < 4.78 is 0. The van der Waals surface area contributed by atoms with Crippen LogP contribution in [0.15, 0.2) is 59.0 Å². The summed E-state index contributed by atoms with van der Waals surface area (Å²) >= 11 is 7.12. The second-order valence-electron chi connectivity index (χ2n) is 4.12. The van der Waals surface area contributed by atoms with E-state index in [4.69, 9.17) is 17.3 Å². The quantitative estimate of drug-likeness (QED) is 0.701. The summed E-state index contributed by atoms with van der Waals surface area (Å²) in [5.74, 6) is 0. The van der Waals surface area contributed by atoms with Gasteiger partial charge >= 0.3 is 0 Å². The highest BCUT2D eigenvalue weighted by Gasteiger charge is 2.11. The molecule has 0 spiro atoms. The van der Waals surface area contributed by atoms with Crippen molar-refractivity contribution in [3.8, 4) is 11.3 Å². The summed E-state index contributed by atoms with van der Waals surface area (Å²) in [5, 5.41) is 10.2. The molecule has 0 radical (unpaired) electrons. The van der Waals surface area contributed by atoms with E-state index in [0.717, 1.165) is 5.56 Å². The van der Waals surface area contributed by atoms with E-state index >= 15 is 0 Å². The molecule has 7 heteroatoms. The Morgan fingerprint density at radius 1 is 1.10 bits per heavy atom. The first-order valence-electron chi connectivity index (χ1n) is 6.06. The molecule has 0 aliphatic carbocycles. The first-order valence-corrected chi connectivity index (χ1v) is 7.26. The highest BCUT2D eigenvalue weighted by atomic mass is 35.5. The molecular weight excluding hydrogens is 306 g/mol. The van der Waals surface area contributed by atoms with Gasteiger partial charge in [0.2, 0.25) is 0 Å². The number of azo groups is 1. The summed E-state index contributed by atoms with van der Waals surface area (Å²) in [4.78, 5) is 8.37. The van der Waals surface area contributed by atoms with Gasteiger partial charge < -0.3 is 5.73 Å². The van der Waals surface area contributed by atoms with Crippen molar-refractivity contribution >= 4 is 38.8 Å². The van der Waals surface area contributed by atoms with Gasteiger partial charge in [-0.3, -0.25) is 4.98 Å². The highest BCUT2D eigenvalue weighted by Crippen LogP contribution is 2.37. The first-order chi connectivity index (χ1) is 10.2. The molecule has 104 valence electrons. The predicted octanol–water partition coefficient (Wildman–Crippen LogP) is 4.86. The maximum absolute atomic E-state index is 5.83. The Kier molecular flexibility index (Phi) is 3.89. The Labute approximate surface area is 130 Å². The summed E-state index contributed by atoms with van der Waals surface area (Å²) in [6, 6.07) is 10.9. The first kappa shape index (κ1) is 13.7. The van der Waals surface area contributed by atoms with Gasteiger partial charge in [-0.15, -0.1) is 10.2 Å². The topological polar surface area (TPSA) is 76.5 Å². The number of benzene rings is 1. The van der Waals surface area contributed by atoms with E-state index in [1.54, 1.807) is 36.7 Å². The molecule has 0 aliphatic rings. The molecule has 2 aromatic heterocycles. The minimum atomic E-state index is 0.443. The lowest BCUT2D eigenvalue weighted by Gasteiger charge is -1.96. The number of rotatable bonds is 3. The zero-order chi connectivity index (χ0) is 14.7. The Hall–Kier alpha value is -2.31. The number of hydrogen-bond donors (Lipinski definition) is 1. The fourth-order valence-electron chi connectivity index (χ4n) is 1.70. The van der Waals surface area contributed by atoms with Crippen LogP contribution in [0, 0.1) is 0 Å². The van der Waals surface area contributed by atoms with Crippen molar-refractivity contribution in [2.45, 2.75) is 0 Å². The third-order valence-corrected chi connectivity index (χ3v) is 3.66. The Bertz CT molecular complexity index is 768. The maximum Gasteiger partial charge on any atom is 0.182 e. The molecule has 0 aliphatic heterocycles. The van der Waals surface area contributed by atoms with Gasteiger partial charge in [0, 0.05) is 23.0 Å². The highest BCUT2D eigenvalue weighted by molar-refractivity contribution is 7.19. The van der Waals surface area contributed by atoms with Crippen LogP contribution in [0.25, 0.3) is 11.3 Å². The Balaban J connectivity index is 1.94. The van der Waals surface area contributed by atoms with Crippen LogP contribution >= 0.6 is 22.9 Å². The second-order valence-corrected chi connectivity index (χ2v) is 5.57. The van der Waals surface area contributed by atoms with Crippen LogP contribution in [0.3, 0.4) is 0 Å². The van der Waals surface area contributed by atoms with Gasteiger partial charge in [-0.1, -0.05) is 22.9 Å². The van der Waals surface area contributed by atoms with Crippen molar-refractivity contribution in [2.24, 2.45) is 10.2 Å². The number of anilines is 1. The Morgan fingerprint density at radius 2 is 1.90 bits per heavy atom. The van der Waals surface area contributed by atoms with E-state index in [1.165, 1.54) is 11.3 Å². The zero-order valence-corrected chi connectivity index (χ0v) is 12.3. The van der Waals surface area contributed by atoms with E-state index in [1.807, 2.05) is 12.1 Å². The summed E-state index contributed by atoms with van der Waals surface area (Å²) in [7, 11) is 0. The van der Waals surface area contributed by atoms with E-state index in [-0.39, 0.29) is 0 Å². The smallest absolute Gasteiger partial charge is 0.182 e. The summed E-state index contributed by atoms with van der Waals surface area (Å²) in [6.07, 6.45) is 3.42.